The Morgan fingerprint density at radius 1 is 1.15 bits per heavy atom. The maximum Gasteiger partial charge on any atom is 0.254 e. The lowest BCUT2D eigenvalue weighted by atomic mass is 10.1. The van der Waals surface area contributed by atoms with Gasteiger partial charge < -0.3 is 10.6 Å². The van der Waals surface area contributed by atoms with Gasteiger partial charge in [0.05, 0.1) is 0 Å². The van der Waals surface area contributed by atoms with E-state index in [0.29, 0.717) is 24.3 Å². The molecule has 0 aliphatic rings. The van der Waals surface area contributed by atoms with Gasteiger partial charge in [0.25, 0.3) is 5.91 Å². The Morgan fingerprint density at radius 2 is 1.85 bits per heavy atom. The molecular formula is C17H20N2O. The number of nitrogens with two attached hydrogens (primary N) is 1. The van der Waals surface area contributed by atoms with E-state index in [1.165, 1.54) is 0 Å². The van der Waals surface area contributed by atoms with Gasteiger partial charge in [-0.15, -0.1) is 0 Å². The highest BCUT2D eigenvalue weighted by atomic mass is 16.2. The fraction of sp³-hybridized carbons (Fsp3) is 0.235. The summed E-state index contributed by atoms with van der Waals surface area (Å²) in [5.41, 5.74) is 9.27. The van der Waals surface area contributed by atoms with Gasteiger partial charge in [-0.3, -0.25) is 4.79 Å². The highest BCUT2D eigenvalue weighted by Crippen LogP contribution is 2.15. The Balaban J connectivity index is 2.18. The number of carbonyl (C=O) groups excluding carboxylic acids is 1. The molecule has 0 aromatic heterocycles. The first kappa shape index (κ1) is 14.1. The van der Waals surface area contributed by atoms with Gasteiger partial charge in [-0.25, -0.2) is 0 Å². The zero-order valence-corrected chi connectivity index (χ0v) is 12.0. The van der Waals surface area contributed by atoms with E-state index < -0.39 is 0 Å². The van der Waals surface area contributed by atoms with Crippen LogP contribution in [0.25, 0.3) is 0 Å². The number of benzene rings is 2. The molecule has 0 aliphatic heterocycles. The molecular weight excluding hydrogens is 248 g/mol. The molecule has 0 saturated heterocycles. The molecule has 3 heteroatoms. The molecule has 0 radical (unpaired) electrons. The van der Waals surface area contributed by atoms with Crippen molar-refractivity contribution in [3.05, 3.63) is 65.2 Å². The van der Waals surface area contributed by atoms with E-state index in [-0.39, 0.29) is 5.91 Å². The molecule has 2 rings (SSSR count). The molecule has 2 N–H and O–H groups in total. The number of rotatable bonds is 4. The Bertz CT molecular complexity index is 593. The first-order valence-electron chi connectivity index (χ1n) is 6.81. The largest absolute Gasteiger partial charge is 0.399 e. The van der Waals surface area contributed by atoms with Gasteiger partial charge in [0.15, 0.2) is 0 Å². The summed E-state index contributed by atoms with van der Waals surface area (Å²) in [7, 11) is 0. The number of nitrogen functional groups attached to an aromatic ring is 1. The van der Waals surface area contributed by atoms with Crippen molar-refractivity contribution in [2.45, 2.75) is 20.4 Å². The van der Waals surface area contributed by atoms with Gasteiger partial charge in [-0.1, -0.05) is 30.3 Å². The zero-order valence-electron chi connectivity index (χ0n) is 12.0. The molecule has 3 nitrogen and oxygen atoms in total. The Labute approximate surface area is 120 Å². The normalized spacial score (nSPS) is 10.3. The van der Waals surface area contributed by atoms with Crippen molar-refractivity contribution in [3.8, 4) is 0 Å². The average Bonchev–Trinajstić information content (AvgIpc) is 2.48. The summed E-state index contributed by atoms with van der Waals surface area (Å²) in [6.45, 7) is 5.21. The molecule has 0 atom stereocenters. The molecule has 0 saturated carbocycles. The van der Waals surface area contributed by atoms with Gasteiger partial charge in [0.2, 0.25) is 0 Å². The summed E-state index contributed by atoms with van der Waals surface area (Å²) in [5, 5.41) is 0. The number of aryl methyl sites for hydroxylation is 1. The average molecular weight is 268 g/mol. The molecule has 2 aromatic rings. The SMILES string of the molecule is CCN(Cc1ccccc1)C(=O)c1ccc(N)c(C)c1. The molecule has 0 spiro atoms. The second-order valence-electron chi connectivity index (χ2n) is 4.88. The molecule has 20 heavy (non-hydrogen) atoms. The molecule has 0 fully saturated rings. The van der Waals surface area contributed by atoms with Crippen LogP contribution in [0.1, 0.15) is 28.4 Å². The monoisotopic (exact) mass is 268 g/mol. The Hall–Kier alpha value is -2.29. The molecule has 2 aromatic carbocycles. The second-order valence-corrected chi connectivity index (χ2v) is 4.88. The van der Waals surface area contributed by atoms with Crippen LogP contribution < -0.4 is 5.73 Å². The lowest BCUT2D eigenvalue weighted by molar-refractivity contribution is 0.0752. The number of anilines is 1. The summed E-state index contributed by atoms with van der Waals surface area (Å²) in [4.78, 5) is 14.4. The summed E-state index contributed by atoms with van der Waals surface area (Å²) < 4.78 is 0. The maximum atomic E-state index is 12.5. The van der Waals surface area contributed by atoms with Gasteiger partial charge in [0.1, 0.15) is 0 Å². The van der Waals surface area contributed by atoms with Crippen molar-refractivity contribution in [2.75, 3.05) is 12.3 Å². The van der Waals surface area contributed by atoms with Crippen LogP contribution >= 0.6 is 0 Å². The van der Waals surface area contributed by atoms with Crippen LogP contribution in [0, 0.1) is 6.92 Å². The van der Waals surface area contributed by atoms with Crippen LogP contribution in [-0.2, 0) is 6.54 Å². The predicted molar refractivity (Wildman–Crippen MR) is 82.4 cm³/mol. The van der Waals surface area contributed by atoms with Crippen LogP contribution in [0.2, 0.25) is 0 Å². The van der Waals surface area contributed by atoms with Crippen molar-refractivity contribution in [1.82, 2.24) is 4.90 Å². The van der Waals surface area contributed by atoms with Crippen molar-refractivity contribution >= 4 is 11.6 Å². The number of hydrogen-bond donors (Lipinski definition) is 1. The first-order valence-corrected chi connectivity index (χ1v) is 6.81. The molecule has 1 amide bonds. The van der Waals surface area contributed by atoms with E-state index in [2.05, 4.69) is 0 Å². The third kappa shape index (κ3) is 3.18. The lowest BCUT2D eigenvalue weighted by Crippen LogP contribution is -2.30. The highest BCUT2D eigenvalue weighted by Gasteiger charge is 2.15. The Kier molecular flexibility index (Phi) is 4.41. The Morgan fingerprint density at radius 3 is 2.45 bits per heavy atom. The number of amides is 1. The van der Waals surface area contributed by atoms with Crippen LogP contribution in [0.15, 0.2) is 48.5 Å². The molecule has 0 unspecified atom stereocenters. The van der Waals surface area contributed by atoms with Crippen LogP contribution in [0.5, 0.6) is 0 Å². The summed E-state index contributed by atoms with van der Waals surface area (Å²) in [5.74, 6) is 0.0412. The van der Waals surface area contributed by atoms with E-state index in [9.17, 15) is 4.79 Å². The van der Waals surface area contributed by atoms with Gasteiger partial charge in [-0.05, 0) is 43.2 Å². The minimum Gasteiger partial charge on any atom is -0.399 e. The van der Waals surface area contributed by atoms with Crippen molar-refractivity contribution in [3.63, 3.8) is 0 Å². The van der Waals surface area contributed by atoms with E-state index in [1.54, 1.807) is 12.1 Å². The second kappa shape index (κ2) is 6.24. The number of hydrogen-bond acceptors (Lipinski definition) is 2. The minimum absolute atomic E-state index is 0.0412. The van der Waals surface area contributed by atoms with E-state index in [0.717, 1.165) is 11.1 Å². The van der Waals surface area contributed by atoms with Crippen molar-refractivity contribution in [1.29, 1.82) is 0 Å². The zero-order chi connectivity index (χ0) is 14.5. The quantitative estimate of drug-likeness (QED) is 0.865. The van der Waals surface area contributed by atoms with Gasteiger partial charge in [-0.2, -0.15) is 0 Å². The molecule has 104 valence electrons. The molecule has 0 bridgehead atoms. The molecule has 0 aliphatic carbocycles. The van der Waals surface area contributed by atoms with Gasteiger partial charge in [0, 0.05) is 24.3 Å². The van der Waals surface area contributed by atoms with Crippen LogP contribution in [0.3, 0.4) is 0 Å². The van der Waals surface area contributed by atoms with E-state index in [4.69, 9.17) is 5.73 Å². The maximum absolute atomic E-state index is 12.5. The standard InChI is InChI=1S/C17H20N2O/c1-3-19(12-14-7-5-4-6-8-14)17(20)15-9-10-16(18)13(2)11-15/h4-11H,3,12,18H2,1-2H3. The third-order valence-electron chi connectivity index (χ3n) is 3.40. The first-order chi connectivity index (χ1) is 9.61. The summed E-state index contributed by atoms with van der Waals surface area (Å²) in [6, 6.07) is 15.4. The fourth-order valence-electron chi connectivity index (χ4n) is 2.12. The number of carbonyl (C=O) groups is 1. The third-order valence-corrected chi connectivity index (χ3v) is 3.40. The summed E-state index contributed by atoms with van der Waals surface area (Å²) in [6.07, 6.45) is 0. The lowest BCUT2D eigenvalue weighted by Gasteiger charge is -2.21. The fourth-order valence-corrected chi connectivity index (χ4v) is 2.12. The topological polar surface area (TPSA) is 46.3 Å². The van der Waals surface area contributed by atoms with E-state index >= 15 is 0 Å². The predicted octanol–water partition coefficient (Wildman–Crippen LogP) is 3.24. The van der Waals surface area contributed by atoms with Crippen LogP contribution in [0.4, 0.5) is 5.69 Å². The van der Waals surface area contributed by atoms with Crippen LogP contribution in [-0.4, -0.2) is 17.4 Å². The highest BCUT2D eigenvalue weighted by molar-refractivity contribution is 5.94. The minimum atomic E-state index is 0.0412. The van der Waals surface area contributed by atoms with Gasteiger partial charge >= 0.3 is 0 Å². The molecule has 0 heterocycles. The van der Waals surface area contributed by atoms with Crippen molar-refractivity contribution in [2.24, 2.45) is 0 Å². The summed E-state index contributed by atoms with van der Waals surface area (Å²) >= 11 is 0. The van der Waals surface area contributed by atoms with E-state index in [1.807, 2.05) is 55.1 Å². The smallest absolute Gasteiger partial charge is 0.254 e. The number of nitrogens with zero attached hydrogens (tertiary/aromatic N) is 1. The van der Waals surface area contributed by atoms with Crippen molar-refractivity contribution < 1.29 is 4.79 Å².